The van der Waals surface area contributed by atoms with Gasteiger partial charge in [0.05, 0.1) is 11.7 Å². The van der Waals surface area contributed by atoms with Gasteiger partial charge in [-0.2, -0.15) is 0 Å². The number of ether oxygens (including phenoxy) is 1. The van der Waals surface area contributed by atoms with Crippen molar-refractivity contribution in [3.63, 3.8) is 0 Å². The van der Waals surface area contributed by atoms with E-state index in [9.17, 15) is 4.79 Å². The molecule has 0 spiro atoms. The Bertz CT molecular complexity index is 614. The summed E-state index contributed by atoms with van der Waals surface area (Å²) in [5, 5.41) is 8.84. The molecule has 104 valence electrons. The van der Waals surface area contributed by atoms with Gasteiger partial charge in [0.25, 0.3) is 0 Å². The zero-order valence-corrected chi connectivity index (χ0v) is 11.0. The van der Waals surface area contributed by atoms with Crippen molar-refractivity contribution in [3.8, 4) is 0 Å². The predicted molar refractivity (Wildman–Crippen MR) is 72.6 cm³/mol. The first-order valence-corrected chi connectivity index (χ1v) is 6.74. The zero-order valence-electron chi connectivity index (χ0n) is 11.0. The number of hydrogen-bond acceptors (Lipinski definition) is 3. The molecule has 1 aliphatic rings. The quantitative estimate of drug-likeness (QED) is 0.924. The van der Waals surface area contributed by atoms with Crippen molar-refractivity contribution in [2.45, 2.75) is 32.0 Å². The van der Waals surface area contributed by atoms with Gasteiger partial charge in [-0.05, 0) is 36.5 Å². The SMILES string of the molecule is O=C(O)c1coc(COC2CCCc3ccccc32)c1. The van der Waals surface area contributed by atoms with Crippen molar-refractivity contribution in [3.05, 3.63) is 59.0 Å². The van der Waals surface area contributed by atoms with Crippen LogP contribution in [0.5, 0.6) is 0 Å². The monoisotopic (exact) mass is 272 g/mol. The van der Waals surface area contributed by atoms with Crippen molar-refractivity contribution in [1.29, 1.82) is 0 Å². The molecule has 4 nitrogen and oxygen atoms in total. The fourth-order valence-corrected chi connectivity index (χ4v) is 2.63. The lowest BCUT2D eigenvalue weighted by Crippen LogP contribution is -2.12. The fraction of sp³-hybridized carbons (Fsp3) is 0.312. The van der Waals surface area contributed by atoms with Gasteiger partial charge in [-0.1, -0.05) is 24.3 Å². The molecule has 20 heavy (non-hydrogen) atoms. The second-order valence-electron chi connectivity index (χ2n) is 5.00. The molecule has 1 heterocycles. The molecule has 3 rings (SSSR count). The van der Waals surface area contributed by atoms with Crippen LogP contribution in [0.25, 0.3) is 0 Å². The number of benzene rings is 1. The van der Waals surface area contributed by atoms with Crippen molar-refractivity contribution in [2.24, 2.45) is 0 Å². The number of carbonyl (C=O) groups is 1. The minimum Gasteiger partial charge on any atom is -0.478 e. The summed E-state index contributed by atoms with van der Waals surface area (Å²) in [4.78, 5) is 10.8. The first kappa shape index (κ1) is 12.9. The van der Waals surface area contributed by atoms with Gasteiger partial charge >= 0.3 is 5.97 Å². The van der Waals surface area contributed by atoms with Crippen LogP contribution in [-0.4, -0.2) is 11.1 Å². The average molecular weight is 272 g/mol. The highest BCUT2D eigenvalue weighted by molar-refractivity contribution is 5.87. The number of aryl methyl sites for hydroxylation is 1. The Morgan fingerprint density at radius 3 is 3.05 bits per heavy atom. The van der Waals surface area contributed by atoms with Gasteiger partial charge in [0.15, 0.2) is 0 Å². The average Bonchev–Trinajstić information content (AvgIpc) is 2.94. The largest absolute Gasteiger partial charge is 0.478 e. The summed E-state index contributed by atoms with van der Waals surface area (Å²) in [5.41, 5.74) is 2.74. The third-order valence-corrected chi connectivity index (χ3v) is 3.64. The molecule has 0 radical (unpaired) electrons. The molecule has 0 bridgehead atoms. The molecule has 1 aromatic carbocycles. The van der Waals surface area contributed by atoms with Gasteiger partial charge < -0.3 is 14.3 Å². The van der Waals surface area contributed by atoms with Crippen LogP contribution in [-0.2, 0) is 17.8 Å². The van der Waals surface area contributed by atoms with Gasteiger partial charge in [-0.15, -0.1) is 0 Å². The highest BCUT2D eigenvalue weighted by Gasteiger charge is 2.20. The number of aromatic carboxylic acids is 1. The zero-order chi connectivity index (χ0) is 13.9. The van der Waals surface area contributed by atoms with Gasteiger partial charge in [-0.25, -0.2) is 4.79 Å². The molecular weight excluding hydrogens is 256 g/mol. The van der Waals surface area contributed by atoms with Gasteiger partial charge in [0.2, 0.25) is 0 Å². The Labute approximate surface area is 117 Å². The van der Waals surface area contributed by atoms with Crippen LogP contribution in [0.1, 0.15) is 46.2 Å². The molecular formula is C16H16O4. The van der Waals surface area contributed by atoms with Crippen molar-refractivity contribution in [1.82, 2.24) is 0 Å². The molecule has 0 fully saturated rings. The number of carboxylic acids is 1. The highest BCUT2D eigenvalue weighted by Crippen LogP contribution is 2.33. The summed E-state index contributed by atoms with van der Waals surface area (Å²) in [6, 6.07) is 9.82. The summed E-state index contributed by atoms with van der Waals surface area (Å²) in [5.74, 6) is -0.437. The van der Waals surface area contributed by atoms with E-state index in [1.165, 1.54) is 23.5 Å². The molecule has 1 aromatic heterocycles. The normalized spacial score (nSPS) is 17.7. The van der Waals surface area contributed by atoms with E-state index in [4.69, 9.17) is 14.3 Å². The molecule has 1 N–H and O–H groups in total. The first-order chi connectivity index (χ1) is 9.74. The fourth-order valence-electron chi connectivity index (χ4n) is 2.63. The lowest BCUT2D eigenvalue weighted by atomic mass is 9.89. The van der Waals surface area contributed by atoms with Crippen LogP contribution in [0.3, 0.4) is 0 Å². The number of carboxylic acid groups (broad SMARTS) is 1. The van der Waals surface area contributed by atoms with Crippen molar-refractivity contribution in [2.75, 3.05) is 0 Å². The van der Waals surface area contributed by atoms with E-state index < -0.39 is 5.97 Å². The molecule has 0 aliphatic heterocycles. The number of hydrogen-bond donors (Lipinski definition) is 1. The minimum absolute atomic E-state index is 0.0679. The molecule has 1 aliphatic carbocycles. The van der Waals surface area contributed by atoms with Crippen LogP contribution in [0.2, 0.25) is 0 Å². The Morgan fingerprint density at radius 2 is 2.25 bits per heavy atom. The second kappa shape index (κ2) is 5.51. The Kier molecular flexibility index (Phi) is 3.56. The highest BCUT2D eigenvalue weighted by atomic mass is 16.5. The smallest absolute Gasteiger partial charge is 0.338 e. The first-order valence-electron chi connectivity index (χ1n) is 6.74. The molecule has 1 unspecified atom stereocenters. The van der Waals surface area contributed by atoms with E-state index in [1.807, 2.05) is 12.1 Å². The topological polar surface area (TPSA) is 59.7 Å². The van der Waals surface area contributed by atoms with Gasteiger partial charge in [0, 0.05) is 0 Å². The molecule has 4 heteroatoms. The van der Waals surface area contributed by atoms with Crippen LogP contribution in [0.4, 0.5) is 0 Å². The van der Waals surface area contributed by atoms with E-state index in [2.05, 4.69) is 12.1 Å². The van der Waals surface area contributed by atoms with E-state index in [1.54, 1.807) is 0 Å². The second-order valence-corrected chi connectivity index (χ2v) is 5.00. The lowest BCUT2D eigenvalue weighted by molar-refractivity contribution is 0.0192. The molecule has 0 saturated heterocycles. The summed E-state index contributed by atoms with van der Waals surface area (Å²) < 4.78 is 11.1. The lowest BCUT2D eigenvalue weighted by Gasteiger charge is -2.25. The number of rotatable bonds is 4. The summed E-state index contributed by atoms with van der Waals surface area (Å²) in [6.07, 6.45) is 4.51. The molecule has 2 aromatic rings. The van der Waals surface area contributed by atoms with Gasteiger partial charge in [-0.3, -0.25) is 0 Å². The maximum atomic E-state index is 10.8. The Hall–Kier alpha value is -2.07. The number of furan rings is 1. The van der Waals surface area contributed by atoms with Crippen LogP contribution < -0.4 is 0 Å². The molecule has 0 saturated carbocycles. The minimum atomic E-state index is -0.983. The summed E-state index contributed by atoms with van der Waals surface area (Å²) in [6.45, 7) is 0.298. The van der Waals surface area contributed by atoms with Crippen molar-refractivity contribution >= 4 is 5.97 Å². The standard InChI is InChI=1S/C16H16O4/c17-16(18)12-8-13(19-9-12)10-20-15-7-3-5-11-4-1-2-6-14(11)15/h1-2,4,6,8-9,15H,3,5,7,10H2,(H,17,18). The third-order valence-electron chi connectivity index (χ3n) is 3.64. The van der Waals surface area contributed by atoms with E-state index in [0.717, 1.165) is 19.3 Å². The maximum absolute atomic E-state index is 10.8. The molecule has 1 atom stereocenters. The van der Waals surface area contributed by atoms with Gasteiger partial charge in [0.1, 0.15) is 18.6 Å². The van der Waals surface area contributed by atoms with E-state index >= 15 is 0 Å². The van der Waals surface area contributed by atoms with Crippen LogP contribution >= 0.6 is 0 Å². The predicted octanol–water partition coefficient (Wildman–Crippen LogP) is 3.57. The number of fused-ring (bicyclic) bond motifs is 1. The van der Waals surface area contributed by atoms with Crippen LogP contribution in [0, 0.1) is 0 Å². The van der Waals surface area contributed by atoms with E-state index in [-0.39, 0.29) is 11.7 Å². The third kappa shape index (κ3) is 2.60. The molecule has 0 amide bonds. The van der Waals surface area contributed by atoms with Crippen molar-refractivity contribution < 1.29 is 19.1 Å². The Morgan fingerprint density at radius 1 is 1.40 bits per heavy atom. The van der Waals surface area contributed by atoms with Crippen LogP contribution in [0.15, 0.2) is 41.0 Å². The van der Waals surface area contributed by atoms with E-state index in [0.29, 0.717) is 12.4 Å². The Balaban J connectivity index is 1.68. The maximum Gasteiger partial charge on any atom is 0.338 e. The summed E-state index contributed by atoms with van der Waals surface area (Å²) >= 11 is 0. The summed E-state index contributed by atoms with van der Waals surface area (Å²) in [7, 11) is 0.